The van der Waals surface area contributed by atoms with Crippen molar-refractivity contribution in [3.05, 3.63) is 180 Å². The highest BCUT2D eigenvalue weighted by atomic mass is 19.3. The van der Waals surface area contributed by atoms with Crippen LogP contribution in [0.3, 0.4) is 0 Å². The van der Waals surface area contributed by atoms with Crippen LogP contribution in [0.2, 0.25) is 0 Å². The molecule has 0 unspecified atom stereocenters. The van der Waals surface area contributed by atoms with Crippen LogP contribution in [0.4, 0.5) is 39.0 Å². The van der Waals surface area contributed by atoms with E-state index in [1.807, 2.05) is 56.6 Å². The van der Waals surface area contributed by atoms with Gasteiger partial charge in [-0.2, -0.15) is 15.3 Å². The molecule has 7 N–H and O–H groups in total. The summed E-state index contributed by atoms with van der Waals surface area (Å²) in [5.41, 5.74) is 18.0. The third-order valence-corrected chi connectivity index (χ3v) is 17.5. The number of benzene rings is 3. The molecule has 6 aromatic heterocycles. The average Bonchev–Trinajstić information content (AvgIpc) is 1.76. The number of nitrogens with zero attached hydrogens (tertiary/aromatic N) is 11. The van der Waals surface area contributed by atoms with Crippen molar-refractivity contribution in [1.82, 2.24) is 70.0 Å². The Bertz CT molecular complexity index is 4250. The minimum atomic E-state index is -2.86. The van der Waals surface area contributed by atoms with Crippen molar-refractivity contribution in [2.45, 2.75) is 115 Å². The van der Waals surface area contributed by atoms with Crippen LogP contribution in [0, 0.1) is 32.4 Å². The van der Waals surface area contributed by atoms with Gasteiger partial charge in [-0.25, -0.2) is 36.0 Å². The number of aryl methyl sites for hydroxylation is 3. The topological polar surface area (TPSA) is 236 Å². The second-order valence-corrected chi connectivity index (χ2v) is 25.4. The van der Waals surface area contributed by atoms with Gasteiger partial charge >= 0.3 is 0 Å². The number of hydrogen-bond donors (Lipinski definition) is 6. The Balaban J connectivity index is 0.000000139. The van der Waals surface area contributed by atoms with Crippen molar-refractivity contribution in [2.24, 2.45) is 0 Å². The van der Waals surface area contributed by atoms with E-state index in [9.17, 15) is 36.3 Å². The van der Waals surface area contributed by atoms with Gasteiger partial charge in [0.25, 0.3) is 23.6 Å². The zero-order chi connectivity index (χ0) is 66.5. The highest BCUT2D eigenvalue weighted by molar-refractivity contribution is 5.98. The number of rotatable bonds is 18. The zero-order valence-electron chi connectivity index (χ0n) is 53.3. The third kappa shape index (κ3) is 16.4. The summed E-state index contributed by atoms with van der Waals surface area (Å²) in [6.45, 7) is 7.88. The Kier molecular flexibility index (Phi) is 19.5. The lowest BCUT2D eigenvalue weighted by Crippen LogP contribution is -2.53. The second-order valence-electron chi connectivity index (χ2n) is 25.4. The average molecular weight is 1300 g/mol. The first-order chi connectivity index (χ1) is 45.8. The maximum atomic E-state index is 14.5. The van der Waals surface area contributed by atoms with Crippen molar-refractivity contribution < 1.29 is 36.3 Å². The van der Waals surface area contributed by atoms with Crippen LogP contribution in [0.25, 0.3) is 50.4 Å². The largest absolute Gasteiger partial charge is 0.397 e. The van der Waals surface area contributed by atoms with Crippen LogP contribution >= 0.6 is 0 Å². The van der Waals surface area contributed by atoms with Gasteiger partial charge in [-0.05, 0) is 174 Å². The standard InChI is InChI=1S/C26H30F2N6O.C25H27F3N6O.C19H19N5O/c1-17-10-25(28)24(26(35)32-19-2-3-19)12-23(17)18-13-30-34(16-18)22-11-21(14-29-15-22)31-20-4-7-33(8-5-20)9-6-27;1-15-7-22(26)21(24(35)32-17-3-4-17)9-20(15)16-10-30-34(13-16)19-8-18(11-29-12-19)31-23-5-6-33(2)14-25(23,27)28;1-12-2-3-13(19(25)23-16-4-5-16)6-18(12)14-8-22-24(11-14)17-7-15(20)9-21-10-17/h10-16,19-20,31H,2-9H2,1H3,(H,32,35);7-13,17,23,31H,3-6,14H2,1-2H3,(H,32,35);2-3,6-11,16H,4-5,20H2,1H3,(H,23,25)/t;23-;/m.0./s1. The molecule has 2 saturated heterocycles. The molecular formula is C70H76F5N17O3. The fraction of sp³-hybridized carbons (Fsp3) is 0.357. The van der Waals surface area contributed by atoms with Crippen LogP contribution in [0.5, 0.6) is 0 Å². The molecule has 95 heavy (non-hydrogen) atoms. The molecule has 3 amide bonds. The number of piperidine rings is 2. The van der Waals surface area contributed by atoms with Crippen molar-refractivity contribution in [3.8, 4) is 50.4 Å². The number of aromatic nitrogens is 9. The predicted octanol–water partition coefficient (Wildman–Crippen LogP) is 10.9. The molecule has 0 radical (unpaired) electrons. The lowest BCUT2D eigenvalue weighted by Gasteiger charge is -2.37. The summed E-state index contributed by atoms with van der Waals surface area (Å²) in [5.74, 6) is -4.76. The smallest absolute Gasteiger partial charge is 0.280 e. The lowest BCUT2D eigenvalue weighted by molar-refractivity contribution is -0.0673. The molecule has 8 heterocycles. The van der Waals surface area contributed by atoms with E-state index >= 15 is 0 Å². The van der Waals surface area contributed by atoms with Gasteiger partial charge in [-0.1, -0.05) is 6.07 Å². The monoisotopic (exact) mass is 1300 g/mol. The number of anilines is 3. The van der Waals surface area contributed by atoms with E-state index in [-0.39, 0.29) is 48.2 Å². The van der Waals surface area contributed by atoms with Crippen molar-refractivity contribution in [2.75, 3.05) is 62.8 Å². The number of carbonyl (C=O) groups is 3. The Hall–Kier alpha value is -9.88. The van der Waals surface area contributed by atoms with E-state index in [4.69, 9.17) is 5.73 Å². The number of nitrogens with two attached hydrogens (primary N) is 1. The third-order valence-electron chi connectivity index (χ3n) is 17.5. The molecule has 14 rings (SSSR count). The summed E-state index contributed by atoms with van der Waals surface area (Å²) in [6, 6.07) is 17.1. The van der Waals surface area contributed by atoms with E-state index in [1.54, 1.807) is 107 Å². The normalized spacial score (nSPS) is 17.2. The molecule has 25 heteroatoms. The number of halogens is 5. The predicted molar refractivity (Wildman–Crippen MR) is 354 cm³/mol. The molecule has 9 aromatic rings. The van der Waals surface area contributed by atoms with Gasteiger partial charge in [0, 0.05) is 97.4 Å². The summed E-state index contributed by atoms with van der Waals surface area (Å²) in [6.07, 6.45) is 28.7. The zero-order valence-corrected chi connectivity index (χ0v) is 53.3. The minimum absolute atomic E-state index is 0.00262. The van der Waals surface area contributed by atoms with E-state index in [1.165, 1.54) is 18.3 Å². The molecule has 20 nitrogen and oxygen atoms in total. The maximum absolute atomic E-state index is 14.5. The number of nitrogens with one attached hydrogen (secondary N) is 5. The Labute approximate surface area is 546 Å². The van der Waals surface area contributed by atoms with Gasteiger partial charge in [-0.3, -0.25) is 29.3 Å². The van der Waals surface area contributed by atoms with E-state index < -0.39 is 29.5 Å². The van der Waals surface area contributed by atoms with Crippen molar-refractivity contribution in [3.63, 3.8) is 0 Å². The molecule has 1 atom stereocenters. The summed E-state index contributed by atoms with van der Waals surface area (Å²) >= 11 is 0. The number of hydrogen-bond acceptors (Lipinski definition) is 14. The van der Waals surface area contributed by atoms with Crippen LogP contribution in [-0.2, 0) is 0 Å². The molecule has 0 spiro atoms. The first kappa shape index (κ1) is 65.2. The molecule has 3 saturated carbocycles. The number of alkyl halides is 3. The number of likely N-dealkylation sites (tertiary alicyclic amines) is 2. The number of pyridine rings is 3. The van der Waals surface area contributed by atoms with Gasteiger partial charge in [-0.15, -0.1) is 0 Å². The van der Waals surface area contributed by atoms with Crippen LogP contribution in [-0.4, -0.2) is 154 Å². The molecule has 494 valence electrons. The molecule has 3 aromatic carbocycles. The summed E-state index contributed by atoms with van der Waals surface area (Å²) in [4.78, 5) is 53.7. The first-order valence-corrected chi connectivity index (χ1v) is 32.1. The van der Waals surface area contributed by atoms with Gasteiger partial charge in [0.05, 0.1) is 107 Å². The molecule has 3 aliphatic carbocycles. The summed E-state index contributed by atoms with van der Waals surface area (Å²) in [5, 5.41) is 28.4. The summed E-state index contributed by atoms with van der Waals surface area (Å²) < 4.78 is 75.5. The minimum Gasteiger partial charge on any atom is -0.397 e. The summed E-state index contributed by atoms with van der Waals surface area (Å²) in [7, 11) is 1.69. The number of amides is 3. The lowest BCUT2D eigenvalue weighted by atomic mass is 9.99. The Morgan fingerprint density at radius 3 is 1.46 bits per heavy atom. The van der Waals surface area contributed by atoms with E-state index in [0.717, 1.165) is 115 Å². The Morgan fingerprint density at radius 2 is 0.989 bits per heavy atom. The molecule has 2 aliphatic heterocycles. The highest BCUT2D eigenvalue weighted by Gasteiger charge is 2.44. The molecule has 5 fully saturated rings. The van der Waals surface area contributed by atoms with Crippen molar-refractivity contribution >= 4 is 34.8 Å². The number of nitrogen functional groups attached to an aromatic ring is 1. The second kappa shape index (κ2) is 28.4. The molecule has 5 aliphatic rings. The van der Waals surface area contributed by atoms with Crippen LogP contribution in [0.15, 0.2) is 135 Å². The quantitative estimate of drug-likeness (QED) is 0.0439. The first-order valence-electron chi connectivity index (χ1n) is 32.1. The molecular weight excluding hydrogens is 1220 g/mol. The van der Waals surface area contributed by atoms with Crippen molar-refractivity contribution in [1.29, 1.82) is 0 Å². The van der Waals surface area contributed by atoms with Gasteiger partial charge in [0.1, 0.15) is 18.3 Å². The maximum Gasteiger partial charge on any atom is 0.280 e. The van der Waals surface area contributed by atoms with E-state index in [0.29, 0.717) is 70.9 Å². The Morgan fingerprint density at radius 1 is 0.526 bits per heavy atom. The molecule has 0 bridgehead atoms. The highest BCUT2D eigenvalue weighted by Crippen LogP contribution is 2.34. The van der Waals surface area contributed by atoms with Gasteiger partial charge in [0.15, 0.2) is 0 Å². The van der Waals surface area contributed by atoms with Crippen LogP contribution < -0.4 is 32.3 Å². The SMILES string of the molecule is Cc1cc(F)c(C(=O)NC2CC2)cc1-c1cnn(-c2cncc(NC3CCN(CCF)CC3)c2)c1.Cc1cc(F)c(C(=O)NC2CC2)cc1-c1cnn(-c2cncc(N[C@H]3CCN(C)CC3(F)F)c2)c1.Cc1ccc(C(=O)NC2CC2)cc1-c1cnn(-c2cncc(N)c2)c1. The fourth-order valence-electron chi connectivity index (χ4n) is 11.7. The number of carbonyl (C=O) groups excluding carboxylic acids is 3. The van der Waals surface area contributed by atoms with E-state index in [2.05, 4.69) is 61.7 Å². The fourth-order valence-corrected chi connectivity index (χ4v) is 11.7. The van der Waals surface area contributed by atoms with Gasteiger partial charge in [0.2, 0.25) is 0 Å². The van der Waals surface area contributed by atoms with Crippen LogP contribution in [0.1, 0.15) is 106 Å². The van der Waals surface area contributed by atoms with Gasteiger partial charge < -0.3 is 42.1 Å².